The number of benzene rings is 1. The molecule has 0 bridgehead atoms. The fraction of sp³-hybridized carbons (Fsp3) is 0.545. The van der Waals surface area contributed by atoms with E-state index in [0.717, 1.165) is 19.3 Å². The second kappa shape index (κ2) is 13.7. The molecule has 1 aromatic carbocycles. The Bertz CT molecular complexity index is 646. The van der Waals surface area contributed by atoms with E-state index in [1.165, 1.54) is 69.2 Å². The molecule has 27 heavy (non-hydrogen) atoms. The first kappa shape index (κ1) is 22.6. The minimum Gasteiger partial charge on any atom is -0.504 e. The van der Waals surface area contributed by atoms with Gasteiger partial charge in [0.1, 0.15) is 11.6 Å². The van der Waals surface area contributed by atoms with Crippen molar-refractivity contribution in [1.29, 1.82) is 5.26 Å². The molecular formula is C22H31NO4. The van der Waals surface area contributed by atoms with Crippen LogP contribution in [0.4, 0.5) is 0 Å². The topological polar surface area (TPSA) is 90.6 Å². The van der Waals surface area contributed by atoms with E-state index in [1.54, 1.807) is 0 Å². The van der Waals surface area contributed by atoms with Crippen LogP contribution in [0, 0.1) is 11.3 Å². The molecule has 0 fully saturated rings. The Morgan fingerprint density at radius 3 is 2.15 bits per heavy atom. The predicted octanol–water partition coefficient (Wildman–Crippen LogP) is 5.47. The first-order chi connectivity index (χ1) is 13.1. The largest absolute Gasteiger partial charge is 0.504 e. The summed E-state index contributed by atoms with van der Waals surface area (Å²) in [7, 11) is 0. The van der Waals surface area contributed by atoms with Gasteiger partial charge in [0.2, 0.25) is 0 Å². The van der Waals surface area contributed by atoms with Crippen LogP contribution >= 0.6 is 0 Å². The lowest BCUT2D eigenvalue weighted by Gasteiger charge is -2.05. The van der Waals surface area contributed by atoms with Crippen LogP contribution in [0.15, 0.2) is 23.8 Å². The third-order valence-corrected chi connectivity index (χ3v) is 4.38. The number of carbonyl (C=O) groups is 1. The van der Waals surface area contributed by atoms with E-state index in [2.05, 4.69) is 6.92 Å². The van der Waals surface area contributed by atoms with Crippen LogP contribution in [0.2, 0.25) is 0 Å². The van der Waals surface area contributed by atoms with Gasteiger partial charge in [-0.2, -0.15) is 5.26 Å². The highest BCUT2D eigenvalue weighted by molar-refractivity contribution is 5.97. The summed E-state index contributed by atoms with van der Waals surface area (Å²) in [4.78, 5) is 12.0. The SMILES string of the molecule is CCCCCCCCCCCCOC(=O)C(C#N)=Cc1ccc(O)c(O)c1. The number of hydrogen-bond donors (Lipinski definition) is 2. The first-order valence-corrected chi connectivity index (χ1v) is 9.89. The number of nitriles is 1. The molecule has 5 heteroatoms. The van der Waals surface area contributed by atoms with Crippen molar-refractivity contribution in [2.24, 2.45) is 0 Å². The molecule has 0 saturated heterocycles. The van der Waals surface area contributed by atoms with Crippen molar-refractivity contribution in [3.63, 3.8) is 0 Å². The van der Waals surface area contributed by atoms with E-state index in [0.29, 0.717) is 12.2 Å². The van der Waals surface area contributed by atoms with Gasteiger partial charge in [0, 0.05) is 0 Å². The van der Waals surface area contributed by atoms with Crippen LogP contribution in [0.25, 0.3) is 6.08 Å². The number of phenolic OH excluding ortho intramolecular Hbond substituents is 2. The molecule has 1 aromatic rings. The molecule has 0 amide bonds. The third-order valence-electron chi connectivity index (χ3n) is 4.38. The minimum absolute atomic E-state index is 0.132. The van der Waals surface area contributed by atoms with Gasteiger partial charge in [0.15, 0.2) is 11.5 Å². The average molecular weight is 373 g/mol. The van der Waals surface area contributed by atoms with E-state index in [-0.39, 0.29) is 17.1 Å². The van der Waals surface area contributed by atoms with Crippen LogP contribution in [-0.2, 0) is 9.53 Å². The van der Waals surface area contributed by atoms with Gasteiger partial charge in [0.25, 0.3) is 0 Å². The molecule has 0 aliphatic carbocycles. The van der Waals surface area contributed by atoms with Crippen molar-refractivity contribution < 1.29 is 19.7 Å². The lowest BCUT2D eigenvalue weighted by atomic mass is 10.1. The van der Waals surface area contributed by atoms with Crippen LogP contribution in [0.5, 0.6) is 11.5 Å². The van der Waals surface area contributed by atoms with Crippen molar-refractivity contribution in [3.05, 3.63) is 29.3 Å². The number of carbonyl (C=O) groups excluding carboxylic acids is 1. The number of aromatic hydroxyl groups is 2. The molecule has 1 rings (SSSR count). The van der Waals surface area contributed by atoms with Gasteiger partial charge in [-0.1, -0.05) is 70.8 Å². The Morgan fingerprint density at radius 1 is 1.00 bits per heavy atom. The quantitative estimate of drug-likeness (QED) is 0.157. The zero-order valence-corrected chi connectivity index (χ0v) is 16.2. The maximum Gasteiger partial charge on any atom is 0.348 e. The number of unbranched alkanes of at least 4 members (excludes halogenated alkanes) is 9. The summed E-state index contributed by atoms with van der Waals surface area (Å²) in [6, 6.07) is 5.90. The predicted molar refractivity (Wildman–Crippen MR) is 106 cm³/mol. The zero-order valence-electron chi connectivity index (χ0n) is 16.2. The van der Waals surface area contributed by atoms with Crippen LogP contribution < -0.4 is 0 Å². The smallest absolute Gasteiger partial charge is 0.348 e. The standard InChI is InChI=1S/C22H31NO4/c1-2-3-4-5-6-7-8-9-10-11-14-27-22(26)19(17-23)15-18-12-13-20(24)21(25)16-18/h12-13,15-16,24-25H,2-11,14H2,1H3. The third kappa shape index (κ3) is 9.69. The summed E-state index contributed by atoms with van der Waals surface area (Å²) >= 11 is 0. The molecule has 2 N–H and O–H groups in total. The highest BCUT2D eigenvalue weighted by atomic mass is 16.5. The van der Waals surface area contributed by atoms with E-state index in [4.69, 9.17) is 10.00 Å². The fourth-order valence-corrected chi connectivity index (χ4v) is 2.77. The maximum absolute atomic E-state index is 12.0. The molecule has 0 aliphatic heterocycles. The Kier molecular flexibility index (Phi) is 11.4. The number of ether oxygens (including phenoxy) is 1. The number of phenols is 2. The summed E-state index contributed by atoms with van der Waals surface area (Å²) in [5.74, 6) is -1.23. The first-order valence-electron chi connectivity index (χ1n) is 9.89. The lowest BCUT2D eigenvalue weighted by molar-refractivity contribution is -0.138. The highest BCUT2D eigenvalue weighted by Gasteiger charge is 2.11. The molecule has 0 spiro atoms. The van der Waals surface area contributed by atoms with Gasteiger partial charge in [-0.05, 0) is 30.2 Å². The number of hydrogen-bond acceptors (Lipinski definition) is 5. The molecule has 0 heterocycles. The van der Waals surface area contributed by atoms with Gasteiger partial charge in [0.05, 0.1) is 6.61 Å². The maximum atomic E-state index is 12.0. The van der Waals surface area contributed by atoms with E-state index < -0.39 is 5.97 Å². The van der Waals surface area contributed by atoms with Crippen molar-refractivity contribution in [2.45, 2.75) is 71.1 Å². The molecule has 5 nitrogen and oxygen atoms in total. The second-order valence-corrected chi connectivity index (χ2v) is 6.74. The van der Waals surface area contributed by atoms with Gasteiger partial charge >= 0.3 is 5.97 Å². The van der Waals surface area contributed by atoms with Crippen LogP contribution in [0.3, 0.4) is 0 Å². The lowest BCUT2D eigenvalue weighted by Crippen LogP contribution is -2.08. The van der Waals surface area contributed by atoms with Gasteiger partial charge < -0.3 is 14.9 Å². The van der Waals surface area contributed by atoms with Crippen molar-refractivity contribution in [3.8, 4) is 17.6 Å². The summed E-state index contributed by atoms with van der Waals surface area (Å²) < 4.78 is 5.15. The average Bonchev–Trinajstić information content (AvgIpc) is 2.66. The fourth-order valence-electron chi connectivity index (χ4n) is 2.77. The molecule has 0 aliphatic rings. The van der Waals surface area contributed by atoms with Crippen LogP contribution in [0.1, 0.15) is 76.7 Å². The van der Waals surface area contributed by atoms with E-state index in [1.807, 2.05) is 6.07 Å². The summed E-state index contributed by atoms with van der Waals surface area (Å²) in [5, 5.41) is 27.9. The monoisotopic (exact) mass is 373 g/mol. The highest BCUT2D eigenvalue weighted by Crippen LogP contribution is 2.26. The number of nitrogens with zero attached hydrogens (tertiary/aromatic N) is 1. The van der Waals surface area contributed by atoms with Gasteiger partial charge in [-0.3, -0.25) is 0 Å². The molecule has 0 atom stereocenters. The minimum atomic E-state index is -0.666. The molecule has 0 saturated carbocycles. The van der Waals surface area contributed by atoms with Gasteiger partial charge in [-0.15, -0.1) is 0 Å². The summed E-state index contributed by atoms with van der Waals surface area (Å²) in [6.45, 7) is 2.52. The van der Waals surface area contributed by atoms with E-state index in [9.17, 15) is 15.0 Å². The Hall–Kier alpha value is -2.48. The number of rotatable bonds is 13. The van der Waals surface area contributed by atoms with Crippen molar-refractivity contribution in [2.75, 3.05) is 6.61 Å². The van der Waals surface area contributed by atoms with Crippen LogP contribution in [-0.4, -0.2) is 22.8 Å². The van der Waals surface area contributed by atoms with Gasteiger partial charge in [-0.25, -0.2) is 4.79 Å². The Labute approximate surface area is 162 Å². The summed E-state index contributed by atoms with van der Waals surface area (Å²) in [5.41, 5.74) is 0.310. The number of esters is 1. The summed E-state index contributed by atoms with van der Waals surface area (Å²) in [6.07, 6.45) is 13.3. The molecular weight excluding hydrogens is 342 g/mol. The van der Waals surface area contributed by atoms with E-state index >= 15 is 0 Å². The molecule has 0 unspecified atom stereocenters. The Balaban J connectivity index is 2.22. The molecule has 0 aromatic heterocycles. The second-order valence-electron chi connectivity index (χ2n) is 6.74. The molecule has 148 valence electrons. The zero-order chi connectivity index (χ0) is 19.9. The molecule has 0 radical (unpaired) electrons. The Morgan fingerprint density at radius 2 is 1.59 bits per heavy atom. The van der Waals surface area contributed by atoms with Crippen molar-refractivity contribution in [1.82, 2.24) is 0 Å². The normalized spacial score (nSPS) is 11.2. The van der Waals surface area contributed by atoms with Crippen molar-refractivity contribution >= 4 is 12.0 Å².